The maximum atomic E-state index is 12.4. The van der Waals surface area contributed by atoms with Gasteiger partial charge in [0.2, 0.25) is 14.9 Å². The SMILES string of the molecule is CS(=O)(=O)c1ccc(C(=O)N2CCN(c3ccc(Br)cn3)CC2)o1. The lowest BCUT2D eigenvalue weighted by atomic mass is 10.2. The predicted molar refractivity (Wildman–Crippen MR) is 91.9 cm³/mol. The lowest BCUT2D eigenvalue weighted by molar-refractivity contribution is 0.0708. The summed E-state index contributed by atoms with van der Waals surface area (Å²) >= 11 is 3.35. The fourth-order valence-corrected chi connectivity index (χ4v) is 3.27. The van der Waals surface area contributed by atoms with Crippen LogP contribution in [-0.2, 0) is 9.84 Å². The molecule has 128 valence electrons. The standard InChI is InChI=1S/C15H16BrN3O4S/c1-24(21,22)14-5-3-12(23-14)15(20)19-8-6-18(7-9-19)13-4-2-11(16)10-17-13/h2-5,10H,6-9H2,1H3. The third-order valence-electron chi connectivity index (χ3n) is 3.76. The van der Waals surface area contributed by atoms with Gasteiger partial charge in [-0.2, -0.15) is 0 Å². The first-order chi connectivity index (χ1) is 11.3. The lowest BCUT2D eigenvalue weighted by Crippen LogP contribution is -2.49. The molecule has 3 heterocycles. The quantitative estimate of drug-likeness (QED) is 0.762. The fraction of sp³-hybridized carbons (Fsp3) is 0.333. The van der Waals surface area contributed by atoms with Crippen molar-refractivity contribution in [3.05, 3.63) is 40.7 Å². The topological polar surface area (TPSA) is 83.7 Å². The number of halogens is 1. The highest BCUT2D eigenvalue weighted by atomic mass is 79.9. The second-order valence-electron chi connectivity index (χ2n) is 5.50. The van der Waals surface area contributed by atoms with Crippen molar-refractivity contribution in [3.63, 3.8) is 0 Å². The average molecular weight is 414 g/mol. The number of carbonyl (C=O) groups is 1. The Kier molecular flexibility index (Phi) is 4.64. The van der Waals surface area contributed by atoms with E-state index in [0.29, 0.717) is 26.2 Å². The molecule has 3 rings (SSSR count). The Morgan fingerprint density at radius 2 is 1.88 bits per heavy atom. The van der Waals surface area contributed by atoms with Gasteiger partial charge < -0.3 is 14.2 Å². The Hall–Kier alpha value is -1.87. The molecule has 2 aromatic heterocycles. The van der Waals surface area contributed by atoms with Crippen LogP contribution in [0.15, 0.2) is 44.4 Å². The molecule has 0 spiro atoms. The van der Waals surface area contributed by atoms with Crippen LogP contribution >= 0.6 is 15.9 Å². The molecule has 1 aliphatic heterocycles. The van der Waals surface area contributed by atoms with E-state index in [-0.39, 0.29) is 16.8 Å². The van der Waals surface area contributed by atoms with Gasteiger partial charge in [-0.25, -0.2) is 13.4 Å². The molecule has 0 radical (unpaired) electrons. The van der Waals surface area contributed by atoms with Crippen molar-refractivity contribution in [1.82, 2.24) is 9.88 Å². The minimum Gasteiger partial charge on any atom is -0.440 e. The molecule has 0 atom stereocenters. The van der Waals surface area contributed by atoms with E-state index in [9.17, 15) is 13.2 Å². The van der Waals surface area contributed by atoms with Crippen molar-refractivity contribution >= 4 is 37.5 Å². The molecule has 0 unspecified atom stereocenters. The predicted octanol–water partition coefficient (Wildman–Crippen LogP) is 1.80. The first-order valence-electron chi connectivity index (χ1n) is 7.30. The summed E-state index contributed by atoms with van der Waals surface area (Å²) < 4.78 is 29.0. The Balaban J connectivity index is 1.65. The Morgan fingerprint density at radius 1 is 1.17 bits per heavy atom. The Bertz CT molecular complexity index is 840. The number of carbonyl (C=O) groups excluding carboxylic acids is 1. The lowest BCUT2D eigenvalue weighted by Gasteiger charge is -2.35. The molecule has 0 bridgehead atoms. The van der Waals surface area contributed by atoms with Gasteiger partial charge in [0.05, 0.1) is 0 Å². The molecule has 1 fully saturated rings. The van der Waals surface area contributed by atoms with Gasteiger partial charge >= 0.3 is 0 Å². The summed E-state index contributed by atoms with van der Waals surface area (Å²) in [6, 6.07) is 6.56. The normalized spacial score (nSPS) is 15.6. The summed E-state index contributed by atoms with van der Waals surface area (Å²) in [5.41, 5.74) is 0. The summed E-state index contributed by atoms with van der Waals surface area (Å²) in [5.74, 6) is 0.613. The summed E-state index contributed by atoms with van der Waals surface area (Å²) in [4.78, 5) is 20.5. The molecule has 0 N–H and O–H groups in total. The number of piperazine rings is 1. The smallest absolute Gasteiger partial charge is 0.289 e. The van der Waals surface area contributed by atoms with Gasteiger partial charge in [0.1, 0.15) is 5.82 Å². The van der Waals surface area contributed by atoms with E-state index in [2.05, 4.69) is 25.8 Å². The monoisotopic (exact) mass is 413 g/mol. The number of aromatic nitrogens is 1. The maximum Gasteiger partial charge on any atom is 0.289 e. The van der Waals surface area contributed by atoms with E-state index in [0.717, 1.165) is 16.5 Å². The zero-order valence-corrected chi connectivity index (χ0v) is 15.4. The van der Waals surface area contributed by atoms with Crippen molar-refractivity contribution < 1.29 is 17.6 Å². The Morgan fingerprint density at radius 3 is 2.42 bits per heavy atom. The zero-order valence-electron chi connectivity index (χ0n) is 13.0. The molecular weight excluding hydrogens is 398 g/mol. The van der Waals surface area contributed by atoms with Gasteiger partial charge in [-0.3, -0.25) is 4.79 Å². The van der Waals surface area contributed by atoms with Crippen LogP contribution < -0.4 is 4.90 Å². The number of amides is 1. The highest BCUT2D eigenvalue weighted by Gasteiger charge is 2.26. The minimum absolute atomic E-state index is 0.0469. The number of rotatable bonds is 3. The molecule has 1 saturated heterocycles. The summed E-state index contributed by atoms with van der Waals surface area (Å²) in [6.45, 7) is 2.34. The number of hydrogen-bond acceptors (Lipinski definition) is 6. The van der Waals surface area contributed by atoms with Crippen molar-refractivity contribution in [2.75, 3.05) is 37.3 Å². The molecule has 7 nitrogen and oxygen atoms in total. The molecule has 2 aromatic rings. The van der Waals surface area contributed by atoms with Crippen molar-refractivity contribution in [2.24, 2.45) is 0 Å². The van der Waals surface area contributed by atoms with E-state index < -0.39 is 9.84 Å². The van der Waals surface area contributed by atoms with Crippen LogP contribution in [0.25, 0.3) is 0 Å². The first-order valence-corrected chi connectivity index (χ1v) is 9.99. The second-order valence-corrected chi connectivity index (χ2v) is 8.37. The maximum absolute atomic E-state index is 12.4. The highest BCUT2D eigenvalue weighted by molar-refractivity contribution is 9.10. The summed E-state index contributed by atoms with van der Waals surface area (Å²) in [6.07, 6.45) is 2.78. The zero-order chi connectivity index (χ0) is 17.3. The van der Waals surface area contributed by atoms with E-state index in [1.54, 1.807) is 11.1 Å². The van der Waals surface area contributed by atoms with Crippen LogP contribution in [0.4, 0.5) is 5.82 Å². The van der Waals surface area contributed by atoms with Gasteiger partial charge in [0.25, 0.3) is 5.91 Å². The Labute approximate surface area is 148 Å². The molecule has 1 aliphatic rings. The molecular formula is C15H16BrN3O4S. The molecule has 0 aromatic carbocycles. The van der Waals surface area contributed by atoms with E-state index in [4.69, 9.17) is 4.42 Å². The summed E-state index contributed by atoms with van der Waals surface area (Å²) in [5, 5.41) is -0.191. The van der Waals surface area contributed by atoms with E-state index in [1.165, 1.54) is 12.1 Å². The number of sulfone groups is 1. The molecule has 9 heteroatoms. The number of nitrogens with zero attached hydrogens (tertiary/aromatic N) is 3. The van der Waals surface area contributed by atoms with Crippen LogP contribution in [0.2, 0.25) is 0 Å². The van der Waals surface area contributed by atoms with E-state index >= 15 is 0 Å². The van der Waals surface area contributed by atoms with Crippen LogP contribution in [0.1, 0.15) is 10.6 Å². The largest absolute Gasteiger partial charge is 0.440 e. The van der Waals surface area contributed by atoms with Gasteiger partial charge in [0.15, 0.2) is 5.76 Å². The highest BCUT2D eigenvalue weighted by Crippen LogP contribution is 2.19. The first kappa shape index (κ1) is 17.0. The van der Waals surface area contributed by atoms with Gasteiger partial charge in [-0.05, 0) is 40.2 Å². The van der Waals surface area contributed by atoms with Gasteiger partial charge in [0, 0.05) is 43.1 Å². The van der Waals surface area contributed by atoms with Gasteiger partial charge in [-0.1, -0.05) is 0 Å². The van der Waals surface area contributed by atoms with Crippen molar-refractivity contribution in [1.29, 1.82) is 0 Å². The van der Waals surface area contributed by atoms with Crippen molar-refractivity contribution in [3.8, 4) is 0 Å². The molecule has 0 aliphatic carbocycles. The molecule has 0 saturated carbocycles. The molecule has 1 amide bonds. The number of hydrogen-bond donors (Lipinski definition) is 0. The third kappa shape index (κ3) is 3.62. The van der Waals surface area contributed by atoms with Crippen LogP contribution in [0, 0.1) is 0 Å². The van der Waals surface area contributed by atoms with Gasteiger partial charge in [-0.15, -0.1) is 0 Å². The number of pyridine rings is 1. The average Bonchev–Trinajstić information content (AvgIpc) is 3.05. The van der Waals surface area contributed by atoms with E-state index in [1.807, 2.05) is 12.1 Å². The fourth-order valence-electron chi connectivity index (χ4n) is 2.48. The van der Waals surface area contributed by atoms with Crippen LogP contribution in [0.3, 0.4) is 0 Å². The second kappa shape index (κ2) is 6.56. The minimum atomic E-state index is -3.45. The summed E-state index contributed by atoms with van der Waals surface area (Å²) in [7, 11) is -3.45. The van der Waals surface area contributed by atoms with Crippen LogP contribution in [0.5, 0.6) is 0 Å². The number of anilines is 1. The van der Waals surface area contributed by atoms with Crippen LogP contribution in [-0.4, -0.2) is 56.6 Å². The number of furan rings is 1. The van der Waals surface area contributed by atoms with Crippen molar-refractivity contribution in [2.45, 2.75) is 5.09 Å². The molecule has 24 heavy (non-hydrogen) atoms. The third-order valence-corrected chi connectivity index (χ3v) is 5.18.